The van der Waals surface area contributed by atoms with Crippen LogP contribution >= 0.6 is 23.2 Å². The number of hydrogen-bond acceptors (Lipinski definition) is 14. The zero-order chi connectivity index (χ0) is 51.2. The molecule has 2 aliphatic carbocycles. The monoisotopic (exact) mass is 1020 g/mol. The van der Waals surface area contributed by atoms with E-state index < -0.39 is 108 Å². The van der Waals surface area contributed by atoms with Gasteiger partial charge in [-0.05, 0) is 111 Å². The van der Waals surface area contributed by atoms with Gasteiger partial charge in [0.15, 0.2) is 18.2 Å². The Morgan fingerprint density at radius 3 is 2.06 bits per heavy atom. The van der Waals surface area contributed by atoms with Crippen LogP contribution in [0.2, 0.25) is 10.0 Å². The average molecular weight is 1030 g/mol. The maximum Gasteiger partial charge on any atom is 0.410 e. The summed E-state index contributed by atoms with van der Waals surface area (Å²) < 4.78 is 52.5. The van der Waals surface area contributed by atoms with Crippen molar-refractivity contribution >= 4 is 41.0 Å². The van der Waals surface area contributed by atoms with Gasteiger partial charge in [-0.25, -0.2) is 4.79 Å². The highest BCUT2D eigenvalue weighted by atomic mass is 35.5. The van der Waals surface area contributed by atoms with Gasteiger partial charge in [-0.15, -0.1) is 0 Å². The molecule has 17 heteroatoms. The summed E-state index contributed by atoms with van der Waals surface area (Å²) in [4.78, 5) is 48.6. The molecule has 2 saturated carbocycles. The van der Waals surface area contributed by atoms with E-state index in [1.165, 1.54) is 7.11 Å². The second-order valence-electron chi connectivity index (χ2n) is 22.3. The summed E-state index contributed by atoms with van der Waals surface area (Å²) in [5.41, 5.74) is -2.94. The van der Waals surface area contributed by atoms with Crippen molar-refractivity contribution in [3.05, 3.63) is 33.8 Å². The number of amides is 1. The third kappa shape index (κ3) is 11.0. The van der Waals surface area contributed by atoms with Crippen LogP contribution in [0.3, 0.4) is 0 Å². The number of hydrogen-bond donors (Lipinski definition) is 2. The molecule has 0 aromatic heterocycles. The Morgan fingerprint density at radius 2 is 1.49 bits per heavy atom. The summed E-state index contributed by atoms with van der Waals surface area (Å²) in [6, 6.07) is 5.02. The molecule has 70 heavy (non-hydrogen) atoms. The lowest BCUT2D eigenvalue weighted by atomic mass is 9.73. The number of carbonyl (C=O) groups excluding carboxylic acids is 3. The van der Waals surface area contributed by atoms with Gasteiger partial charge in [-0.2, -0.15) is 0 Å². The molecule has 4 aliphatic heterocycles. The molecule has 1 amide bonds. The summed E-state index contributed by atoms with van der Waals surface area (Å²) in [6.45, 7) is 18.5. The van der Waals surface area contributed by atoms with Crippen LogP contribution in [0, 0.1) is 23.7 Å². The number of benzene rings is 1. The SMILES string of the molecule is CC[C@@H]1OC(=O)[C@H](C)[C@@H](O[C@@H]2C[C@](C)(OC)[C@H](O)[C@@H](C)O2)[C@H](C)[C@@H](O[C@H]2O[C@@H](C)C[C@@H](N(C3CCC3)C3CCC3)[C@@H]2O)[C@@](C)(OC)C[C@@H](C)C(=O)[C@@H](C)[C@H]2N(CCc3ccc(Cl)c(Cl)c3)C(=O)O[C@]12C. The van der Waals surface area contributed by atoms with Crippen LogP contribution in [-0.2, 0) is 53.9 Å². The molecule has 0 unspecified atom stereocenters. The molecule has 6 aliphatic rings. The van der Waals surface area contributed by atoms with E-state index in [1.54, 1.807) is 51.8 Å². The summed E-state index contributed by atoms with van der Waals surface area (Å²) in [5.74, 6) is -3.97. The van der Waals surface area contributed by atoms with Crippen molar-refractivity contribution in [3.63, 3.8) is 0 Å². The molecule has 4 saturated heterocycles. The number of rotatable bonds is 13. The third-order valence-corrected chi connectivity index (χ3v) is 18.2. The van der Waals surface area contributed by atoms with Crippen LogP contribution < -0.4 is 0 Å². The van der Waals surface area contributed by atoms with Crippen molar-refractivity contribution in [1.29, 1.82) is 0 Å². The predicted octanol–water partition coefficient (Wildman–Crippen LogP) is 8.30. The highest BCUT2D eigenvalue weighted by molar-refractivity contribution is 6.42. The smallest absolute Gasteiger partial charge is 0.410 e. The van der Waals surface area contributed by atoms with Crippen molar-refractivity contribution in [1.82, 2.24) is 9.80 Å². The zero-order valence-electron chi connectivity index (χ0n) is 43.6. The second kappa shape index (κ2) is 22.4. The molecule has 4 heterocycles. The molecule has 18 atom stereocenters. The summed E-state index contributed by atoms with van der Waals surface area (Å²) >= 11 is 12.6. The van der Waals surface area contributed by atoms with Crippen LogP contribution in [0.5, 0.6) is 0 Å². The quantitative estimate of drug-likeness (QED) is 0.181. The largest absolute Gasteiger partial charge is 0.458 e. The summed E-state index contributed by atoms with van der Waals surface area (Å²) in [5, 5.41) is 24.5. The van der Waals surface area contributed by atoms with E-state index in [-0.39, 0.29) is 43.7 Å². The first kappa shape index (κ1) is 55.6. The standard InChI is InChI=1S/C53H82Cl2N2O13/c1-13-40-53(10)45(56(50(62)70-53)23-22-34-20-21-37(54)38(55)25-34)30(4)42(58)28(2)26-52(9,64-12)47(69-49-43(59)39(24-29(3)65-49)57(35-16-14-17-35)36-18-15-19-36)31(5)44(32(6)48(61)67-40)68-41-27-51(8,63-11)46(60)33(7)66-41/h20-21,25,28-33,35-36,39-41,43-47,49,59-60H,13-19,22-24,26-27H2,1-12H3/t28-,29+,30-,31+,32-,33-,39-,40+,41-,43+,44+,45-,46-,47-,49-,51+,52+,53-/m1/s1. The minimum Gasteiger partial charge on any atom is -0.458 e. The summed E-state index contributed by atoms with van der Waals surface area (Å²) in [6.07, 6.45) is -0.330. The normalized spacial score (nSPS) is 42.7. The molecule has 0 radical (unpaired) electrons. The number of aliphatic hydroxyl groups excluding tert-OH is 2. The van der Waals surface area contributed by atoms with Crippen molar-refractivity contribution in [2.75, 3.05) is 20.8 Å². The number of carbonyl (C=O) groups is 3. The van der Waals surface area contributed by atoms with Crippen molar-refractivity contribution in [2.45, 2.75) is 236 Å². The topological polar surface area (TPSA) is 172 Å². The minimum absolute atomic E-state index is 0.129. The number of esters is 1. The van der Waals surface area contributed by atoms with Crippen molar-refractivity contribution < 1.29 is 62.5 Å². The zero-order valence-corrected chi connectivity index (χ0v) is 45.1. The minimum atomic E-state index is -1.46. The van der Waals surface area contributed by atoms with E-state index in [0.717, 1.165) is 44.1 Å². The van der Waals surface area contributed by atoms with Gasteiger partial charge in [0.25, 0.3) is 0 Å². The second-order valence-corrected chi connectivity index (χ2v) is 23.1. The fourth-order valence-corrected chi connectivity index (χ4v) is 13.1. The Kier molecular flexibility index (Phi) is 17.8. The van der Waals surface area contributed by atoms with E-state index in [9.17, 15) is 15.0 Å². The number of fused-ring (bicyclic) bond motifs is 1. The first-order valence-corrected chi connectivity index (χ1v) is 26.8. The lowest BCUT2D eigenvalue weighted by molar-refractivity contribution is -0.321. The molecule has 1 aromatic rings. The van der Waals surface area contributed by atoms with Gasteiger partial charge in [-0.3, -0.25) is 19.4 Å². The van der Waals surface area contributed by atoms with E-state index in [1.807, 2.05) is 47.6 Å². The first-order valence-electron chi connectivity index (χ1n) is 26.0. The Bertz CT molecular complexity index is 1980. The molecule has 2 N–H and O–H groups in total. The number of cyclic esters (lactones) is 1. The Hall–Kier alpha value is -2.15. The first-order chi connectivity index (χ1) is 33.0. The van der Waals surface area contributed by atoms with E-state index in [2.05, 4.69) is 4.90 Å². The highest BCUT2D eigenvalue weighted by Gasteiger charge is 2.61. The van der Waals surface area contributed by atoms with Crippen LogP contribution in [0.1, 0.15) is 139 Å². The van der Waals surface area contributed by atoms with E-state index in [4.69, 9.17) is 61.1 Å². The Morgan fingerprint density at radius 1 is 0.843 bits per heavy atom. The number of aliphatic hydroxyl groups is 2. The Labute approximate surface area is 426 Å². The lowest BCUT2D eigenvalue weighted by Gasteiger charge is -2.54. The maximum atomic E-state index is 15.2. The molecule has 15 nitrogen and oxygen atoms in total. The molecule has 7 rings (SSSR count). The third-order valence-electron chi connectivity index (χ3n) is 17.5. The van der Waals surface area contributed by atoms with Crippen LogP contribution in [0.15, 0.2) is 18.2 Å². The lowest BCUT2D eigenvalue weighted by Crippen LogP contribution is -2.65. The molecule has 6 fully saturated rings. The van der Waals surface area contributed by atoms with Crippen LogP contribution in [0.4, 0.5) is 4.79 Å². The number of halogens is 2. The van der Waals surface area contributed by atoms with Gasteiger partial charge in [-0.1, -0.05) is 69.8 Å². The highest BCUT2D eigenvalue weighted by Crippen LogP contribution is 2.46. The molecule has 0 bridgehead atoms. The Balaban J connectivity index is 1.30. The number of nitrogens with zero attached hydrogens (tertiary/aromatic N) is 2. The number of Topliss-reactive ketones (excluding diaryl/α,β-unsaturated/α-hetero) is 1. The molecule has 0 spiro atoms. The van der Waals surface area contributed by atoms with Gasteiger partial charge in [0.05, 0.1) is 57.6 Å². The molecule has 396 valence electrons. The van der Waals surface area contributed by atoms with Gasteiger partial charge in [0.1, 0.15) is 24.1 Å². The average Bonchev–Trinajstić information content (AvgIpc) is 3.55. The summed E-state index contributed by atoms with van der Waals surface area (Å²) in [7, 11) is 3.11. The van der Waals surface area contributed by atoms with Gasteiger partial charge in [0.2, 0.25) is 0 Å². The van der Waals surface area contributed by atoms with Gasteiger partial charge < -0.3 is 48.1 Å². The molecule has 1 aromatic carbocycles. The maximum absolute atomic E-state index is 15.2. The van der Waals surface area contributed by atoms with Crippen molar-refractivity contribution in [2.24, 2.45) is 23.7 Å². The van der Waals surface area contributed by atoms with Crippen molar-refractivity contribution in [3.8, 4) is 0 Å². The van der Waals surface area contributed by atoms with Crippen LogP contribution in [0.25, 0.3) is 0 Å². The number of ketones is 1. The molecular weight excluding hydrogens is 943 g/mol. The predicted molar refractivity (Wildman–Crippen MR) is 263 cm³/mol. The fraction of sp³-hybridized carbons (Fsp3) is 0.830. The van der Waals surface area contributed by atoms with E-state index in [0.29, 0.717) is 35.0 Å². The van der Waals surface area contributed by atoms with Gasteiger partial charge in [0, 0.05) is 63.1 Å². The fourth-order valence-electron chi connectivity index (χ4n) is 12.8. The van der Waals surface area contributed by atoms with E-state index >= 15 is 9.59 Å². The van der Waals surface area contributed by atoms with Crippen LogP contribution in [-0.4, -0.2) is 155 Å². The number of methoxy groups -OCH3 is 2. The van der Waals surface area contributed by atoms with Gasteiger partial charge >= 0.3 is 12.1 Å². The molecular formula is C53H82Cl2N2O13. The number of ether oxygens (including phenoxy) is 8.